The van der Waals surface area contributed by atoms with Crippen LogP contribution in [0.15, 0.2) is 24.3 Å². The molecule has 21 heavy (non-hydrogen) atoms. The molecule has 2 heterocycles. The van der Waals surface area contributed by atoms with Crippen LogP contribution in [0.1, 0.15) is 29.4 Å². The summed E-state index contributed by atoms with van der Waals surface area (Å²) in [5, 5.41) is 4.30. The summed E-state index contributed by atoms with van der Waals surface area (Å²) >= 11 is 0. The fraction of sp³-hybridized carbons (Fsp3) is 0.471. The minimum atomic E-state index is 0.0739. The number of aromatic nitrogens is 1. The molecule has 3 rings (SSSR count). The molecule has 0 fully saturated rings. The first-order chi connectivity index (χ1) is 10.1. The standard InChI is InChI=1S/C17H23N3O/c1-12-11-14-13-7-4-5-8-15(13)20(10-6-9-19(2)3)16(14)17(21)18-12/h4-5,7-8,12H,6,9-11H2,1-3H3,(H,18,21). The first-order valence-electron chi connectivity index (χ1n) is 7.63. The third-order valence-corrected chi connectivity index (χ3v) is 4.17. The lowest BCUT2D eigenvalue weighted by molar-refractivity contribution is 0.0919. The van der Waals surface area contributed by atoms with Crippen molar-refractivity contribution < 1.29 is 4.79 Å². The quantitative estimate of drug-likeness (QED) is 0.935. The lowest BCUT2D eigenvalue weighted by Crippen LogP contribution is -2.40. The van der Waals surface area contributed by atoms with Crippen molar-refractivity contribution in [2.75, 3.05) is 20.6 Å². The summed E-state index contributed by atoms with van der Waals surface area (Å²) in [6.07, 6.45) is 1.96. The Kier molecular flexibility index (Phi) is 3.72. The molecule has 1 amide bonds. The number of nitrogens with one attached hydrogen (secondary N) is 1. The number of carbonyl (C=O) groups is 1. The SMILES string of the molecule is CC1Cc2c(n(CCCN(C)C)c3ccccc23)C(=O)N1. The van der Waals surface area contributed by atoms with Crippen molar-refractivity contribution in [2.45, 2.75) is 32.4 Å². The number of fused-ring (bicyclic) bond motifs is 3. The lowest BCUT2D eigenvalue weighted by atomic mass is 9.99. The van der Waals surface area contributed by atoms with Crippen molar-refractivity contribution >= 4 is 16.8 Å². The molecule has 4 nitrogen and oxygen atoms in total. The Bertz CT molecular complexity index is 672. The second-order valence-corrected chi connectivity index (χ2v) is 6.23. The van der Waals surface area contributed by atoms with Crippen molar-refractivity contribution in [3.63, 3.8) is 0 Å². The van der Waals surface area contributed by atoms with Gasteiger partial charge in [-0.2, -0.15) is 0 Å². The van der Waals surface area contributed by atoms with Crippen LogP contribution in [0.2, 0.25) is 0 Å². The van der Waals surface area contributed by atoms with E-state index in [1.165, 1.54) is 16.5 Å². The smallest absolute Gasteiger partial charge is 0.268 e. The predicted molar refractivity (Wildman–Crippen MR) is 85.7 cm³/mol. The summed E-state index contributed by atoms with van der Waals surface area (Å²) in [5.41, 5.74) is 3.27. The van der Waals surface area contributed by atoms with Gasteiger partial charge in [0.1, 0.15) is 5.69 Å². The van der Waals surface area contributed by atoms with Gasteiger partial charge in [0.05, 0.1) is 0 Å². The molecular weight excluding hydrogens is 262 g/mol. The number of rotatable bonds is 4. The maximum absolute atomic E-state index is 12.4. The van der Waals surface area contributed by atoms with E-state index < -0.39 is 0 Å². The molecule has 1 atom stereocenters. The van der Waals surface area contributed by atoms with E-state index in [0.717, 1.165) is 31.6 Å². The average Bonchev–Trinajstić information content (AvgIpc) is 2.74. The van der Waals surface area contributed by atoms with E-state index in [0.29, 0.717) is 0 Å². The highest BCUT2D eigenvalue weighted by atomic mass is 16.2. The van der Waals surface area contributed by atoms with Crippen LogP contribution < -0.4 is 5.32 Å². The highest BCUT2D eigenvalue weighted by molar-refractivity contribution is 6.03. The van der Waals surface area contributed by atoms with E-state index in [4.69, 9.17) is 0 Å². The van der Waals surface area contributed by atoms with Gasteiger partial charge in [0.15, 0.2) is 0 Å². The van der Waals surface area contributed by atoms with Gasteiger partial charge in [0.2, 0.25) is 0 Å². The maximum atomic E-state index is 12.4. The second kappa shape index (κ2) is 5.53. The van der Waals surface area contributed by atoms with E-state index >= 15 is 0 Å². The monoisotopic (exact) mass is 285 g/mol. The summed E-state index contributed by atoms with van der Waals surface area (Å²) in [6, 6.07) is 8.59. The Balaban J connectivity index is 2.06. The lowest BCUT2D eigenvalue weighted by Gasteiger charge is -2.22. The predicted octanol–water partition coefficient (Wildman–Crippen LogP) is 2.27. The first-order valence-corrected chi connectivity index (χ1v) is 7.63. The van der Waals surface area contributed by atoms with E-state index in [1.807, 2.05) is 0 Å². The highest BCUT2D eigenvalue weighted by Gasteiger charge is 2.28. The van der Waals surface area contributed by atoms with Gasteiger partial charge >= 0.3 is 0 Å². The van der Waals surface area contributed by atoms with Gasteiger partial charge in [0.25, 0.3) is 5.91 Å². The van der Waals surface area contributed by atoms with Crippen molar-refractivity contribution in [1.29, 1.82) is 0 Å². The molecule has 0 saturated carbocycles. The van der Waals surface area contributed by atoms with Crippen LogP contribution in [0.25, 0.3) is 10.9 Å². The molecule has 112 valence electrons. The molecule has 0 bridgehead atoms. The summed E-state index contributed by atoms with van der Waals surface area (Å²) in [4.78, 5) is 14.6. The fourth-order valence-corrected chi connectivity index (χ4v) is 3.27. The maximum Gasteiger partial charge on any atom is 0.268 e. The zero-order chi connectivity index (χ0) is 15.0. The number of amides is 1. The fourth-order valence-electron chi connectivity index (χ4n) is 3.27. The number of para-hydroxylation sites is 1. The third-order valence-electron chi connectivity index (χ3n) is 4.17. The molecule has 0 saturated heterocycles. The van der Waals surface area contributed by atoms with Crippen molar-refractivity contribution in [2.24, 2.45) is 0 Å². The summed E-state index contributed by atoms with van der Waals surface area (Å²) < 4.78 is 2.20. The van der Waals surface area contributed by atoms with Crippen molar-refractivity contribution in [3.05, 3.63) is 35.5 Å². The zero-order valence-corrected chi connectivity index (χ0v) is 13.0. The molecule has 0 spiro atoms. The number of nitrogens with zero attached hydrogens (tertiary/aromatic N) is 2. The Labute approximate surface area is 125 Å². The van der Waals surface area contributed by atoms with Crippen LogP contribution in [-0.2, 0) is 13.0 Å². The Hall–Kier alpha value is -1.81. The van der Waals surface area contributed by atoms with E-state index in [1.54, 1.807) is 0 Å². The minimum absolute atomic E-state index is 0.0739. The highest BCUT2D eigenvalue weighted by Crippen LogP contribution is 2.30. The minimum Gasteiger partial charge on any atom is -0.348 e. The van der Waals surface area contributed by atoms with Gasteiger partial charge in [0, 0.05) is 23.5 Å². The van der Waals surface area contributed by atoms with Crippen LogP contribution in [0.5, 0.6) is 0 Å². The molecular formula is C17H23N3O. The molecule has 1 aliphatic rings. The largest absolute Gasteiger partial charge is 0.348 e. The zero-order valence-electron chi connectivity index (χ0n) is 13.0. The normalized spacial score (nSPS) is 18.1. The third kappa shape index (κ3) is 2.56. The second-order valence-electron chi connectivity index (χ2n) is 6.23. The summed E-state index contributed by atoms with van der Waals surface area (Å²) in [6.45, 7) is 3.98. The van der Waals surface area contributed by atoms with Crippen molar-refractivity contribution in [1.82, 2.24) is 14.8 Å². The van der Waals surface area contributed by atoms with Gasteiger partial charge < -0.3 is 14.8 Å². The molecule has 0 radical (unpaired) electrons. The van der Waals surface area contributed by atoms with Crippen molar-refractivity contribution in [3.8, 4) is 0 Å². The molecule has 1 unspecified atom stereocenters. The molecule has 1 aromatic heterocycles. The Morgan fingerprint density at radius 1 is 1.33 bits per heavy atom. The molecule has 4 heteroatoms. The topological polar surface area (TPSA) is 37.3 Å². The van der Waals surface area contributed by atoms with E-state index in [2.05, 4.69) is 60.1 Å². The molecule has 1 N–H and O–H groups in total. The van der Waals surface area contributed by atoms with E-state index in [9.17, 15) is 4.79 Å². The summed E-state index contributed by atoms with van der Waals surface area (Å²) in [5.74, 6) is 0.0739. The number of hydrogen-bond acceptors (Lipinski definition) is 2. The van der Waals surface area contributed by atoms with Gasteiger partial charge in [-0.15, -0.1) is 0 Å². The number of aryl methyl sites for hydroxylation is 1. The van der Waals surface area contributed by atoms with Crippen LogP contribution >= 0.6 is 0 Å². The first kappa shape index (κ1) is 14.1. The van der Waals surface area contributed by atoms with Gasteiger partial charge in [-0.05, 0) is 52.0 Å². The van der Waals surface area contributed by atoms with Gasteiger partial charge in [-0.1, -0.05) is 18.2 Å². The van der Waals surface area contributed by atoms with Crippen LogP contribution in [0.3, 0.4) is 0 Å². The number of benzene rings is 1. The Morgan fingerprint density at radius 2 is 2.10 bits per heavy atom. The molecule has 1 aliphatic heterocycles. The van der Waals surface area contributed by atoms with Crippen LogP contribution in [0, 0.1) is 0 Å². The van der Waals surface area contributed by atoms with Gasteiger partial charge in [-0.25, -0.2) is 0 Å². The van der Waals surface area contributed by atoms with Gasteiger partial charge in [-0.3, -0.25) is 4.79 Å². The molecule has 0 aliphatic carbocycles. The molecule has 1 aromatic carbocycles. The number of hydrogen-bond donors (Lipinski definition) is 1. The molecule has 2 aromatic rings. The van der Waals surface area contributed by atoms with Crippen LogP contribution in [-0.4, -0.2) is 42.1 Å². The average molecular weight is 285 g/mol. The van der Waals surface area contributed by atoms with Crippen LogP contribution in [0.4, 0.5) is 0 Å². The Morgan fingerprint density at radius 3 is 2.86 bits per heavy atom. The number of carbonyl (C=O) groups excluding carboxylic acids is 1. The summed E-state index contributed by atoms with van der Waals surface area (Å²) in [7, 11) is 4.16. The van der Waals surface area contributed by atoms with E-state index in [-0.39, 0.29) is 11.9 Å².